The summed E-state index contributed by atoms with van der Waals surface area (Å²) >= 11 is 0. The second-order valence-corrected chi connectivity index (χ2v) is 5.13. The highest BCUT2D eigenvalue weighted by atomic mass is 16.2. The highest BCUT2D eigenvalue weighted by Gasteiger charge is 2.21. The van der Waals surface area contributed by atoms with Gasteiger partial charge < -0.3 is 15.1 Å². The molecule has 1 fully saturated rings. The summed E-state index contributed by atoms with van der Waals surface area (Å²) in [5.41, 5.74) is 0.931. The molecule has 1 aromatic carbocycles. The molecule has 0 atom stereocenters. The van der Waals surface area contributed by atoms with Crippen molar-refractivity contribution < 1.29 is 4.79 Å². The highest BCUT2D eigenvalue weighted by Crippen LogP contribution is 2.23. The van der Waals surface area contributed by atoms with Crippen LogP contribution < -0.4 is 10.2 Å². The Morgan fingerprint density at radius 2 is 1.86 bits per heavy atom. The van der Waals surface area contributed by atoms with Gasteiger partial charge in [-0.15, -0.1) is 0 Å². The van der Waals surface area contributed by atoms with Crippen LogP contribution in [0.1, 0.15) is 6.92 Å². The maximum Gasteiger partial charge on any atom is 0.228 e. The van der Waals surface area contributed by atoms with Crippen molar-refractivity contribution in [2.24, 2.45) is 0 Å². The fourth-order valence-electron chi connectivity index (χ4n) is 2.62. The highest BCUT2D eigenvalue weighted by molar-refractivity contribution is 5.90. The Hall–Kier alpha value is -2.37. The van der Waals surface area contributed by atoms with E-state index in [0.29, 0.717) is 0 Å². The van der Waals surface area contributed by atoms with Crippen molar-refractivity contribution in [3.8, 4) is 0 Å². The number of nitrogens with zero attached hydrogens (tertiary/aromatic N) is 4. The van der Waals surface area contributed by atoms with Crippen LogP contribution in [0.15, 0.2) is 24.3 Å². The summed E-state index contributed by atoms with van der Waals surface area (Å²) in [6, 6.07) is 7.97. The minimum absolute atomic E-state index is 0.130. The van der Waals surface area contributed by atoms with Gasteiger partial charge in [-0.1, -0.05) is 12.1 Å². The van der Waals surface area contributed by atoms with Crippen LogP contribution in [0.2, 0.25) is 0 Å². The number of para-hydroxylation sites is 1. The van der Waals surface area contributed by atoms with Crippen LogP contribution >= 0.6 is 0 Å². The van der Waals surface area contributed by atoms with E-state index in [1.54, 1.807) is 6.92 Å². The normalized spacial score (nSPS) is 15.3. The fraction of sp³-hybridized carbons (Fsp3) is 0.400. The van der Waals surface area contributed by atoms with E-state index in [-0.39, 0.29) is 5.91 Å². The third-order valence-electron chi connectivity index (χ3n) is 3.84. The molecule has 1 N–H and O–H groups in total. The number of benzene rings is 1. The first-order valence-electron chi connectivity index (χ1n) is 7.14. The first-order chi connectivity index (χ1) is 10.2. The number of hydrogen-bond donors (Lipinski definition) is 1. The van der Waals surface area contributed by atoms with Crippen molar-refractivity contribution >= 4 is 28.6 Å². The summed E-state index contributed by atoms with van der Waals surface area (Å²) in [6.07, 6.45) is 0. The Labute approximate surface area is 123 Å². The van der Waals surface area contributed by atoms with E-state index in [9.17, 15) is 4.79 Å². The molecule has 2 heterocycles. The van der Waals surface area contributed by atoms with Gasteiger partial charge in [-0.3, -0.25) is 4.79 Å². The molecule has 1 aliphatic rings. The number of carbonyl (C=O) groups is 1. The van der Waals surface area contributed by atoms with E-state index in [1.807, 2.05) is 36.2 Å². The number of rotatable bonds is 2. The van der Waals surface area contributed by atoms with Gasteiger partial charge >= 0.3 is 0 Å². The zero-order valence-corrected chi connectivity index (χ0v) is 12.3. The van der Waals surface area contributed by atoms with E-state index < -0.39 is 0 Å². The van der Waals surface area contributed by atoms with E-state index in [0.717, 1.165) is 48.8 Å². The molecule has 1 aromatic heterocycles. The van der Waals surface area contributed by atoms with E-state index in [1.165, 1.54) is 0 Å². The average molecular weight is 285 g/mol. The molecule has 21 heavy (non-hydrogen) atoms. The second kappa shape index (κ2) is 5.55. The topological polar surface area (TPSA) is 61.4 Å². The second-order valence-electron chi connectivity index (χ2n) is 5.13. The van der Waals surface area contributed by atoms with Gasteiger partial charge in [0.05, 0.1) is 5.52 Å². The third kappa shape index (κ3) is 2.61. The maximum atomic E-state index is 11.4. The molecule has 6 heteroatoms. The fourth-order valence-corrected chi connectivity index (χ4v) is 2.62. The number of anilines is 2. The number of aromatic nitrogens is 2. The van der Waals surface area contributed by atoms with Gasteiger partial charge in [0.1, 0.15) is 5.82 Å². The number of amides is 1. The molecule has 6 nitrogen and oxygen atoms in total. The van der Waals surface area contributed by atoms with Crippen molar-refractivity contribution in [3.63, 3.8) is 0 Å². The summed E-state index contributed by atoms with van der Waals surface area (Å²) in [7, 11) is 1.87. The summed E-state index contributed by atoms with van der Waals surface area (Å²) in [5.74, 6) is 1.69. The lowest BCUT2D eigenvalue weighted by Gasteiger charge is -2.34. The number of piperazine rings is 1. The summed E-state index contributed by atoms with van der Waals surface area (Å²) < 4.78 is 0. The first-order valence-corrected chi connectivity index (χ1v) is 7.14. The van der Waals surface area contributed by atoms with E-state index in [2.05, 4.69) is 20.2 Å². The molecular weight excluding hydrogens is 266 g/mol. The zero-order chi connectivity index (χ0) is 14.8. The first kappa shape index (κ1) is 13.6. The molecule has 3 rings (SSSR count). The Bertz CT molecular complexity index is 664. The molecule has 2 aromatic rings. The van der Waals surface area contributed by atoms with Crippen molar-refractivity contribution in [3.05, 3.63) is 24.3 Å². The zero-order valence-electron chi connectivity index (χ0n) is 12.3. The number of hydrogen-bond acceptors (Lipinski definition) is 5. The van der Waals surface area contributed by atoms with E-state index in [4.69, 9.17) is 0 Å². The van der Waals surface area contributed by atoms with Gasteiger partial charge in [0.25, 0.3) is 0 Å². The Morgan fingerprint density at radius 3 is 2.52 bits per heavy atom. The molecule has 0 unspecified atom stereocenters. The van der Waals surface area contributed by atoms with E-state index >= 15 is 0 Å². The van der Waals surface area contributed by atoms with Crippen LogP contribution in [-0.4, -0.2) is 54.0 Å². The minimum Gasteiger partial charge on any atom is -0.372 e. The molecular formula is C15H19N5O. The quantitative estimate of drug-likeness (QED) is 0.902. The lowest BCUT2D eigenvalue weighted by Crippen LogP contribution is -2.48. The van der Waals surface area contributed by atoms with Crippen LogP contribution in [0.3, 0.4) is 0 Å². The largest absolute Gasteiger partial charge is 0.372 e. The molecule has 0 radical (unpaired) electrons. The Kier molecular flexibility index (Phi) is 3.60. The molecule has 1 amide bonds. The predicted octanol–water partition coefficient (Wildman–Crippen LogP) is 1.34. The van der Waals surface area contributed by atoms with Crippen LogP contribution in [0.5, 0.6) is 0 Å². The third-order valence-corrected chi connectivity index (χ3v) is 3.84. The monoisotopic (exact) mass is 285 g/mol. The summed E-state index contributed by atoms with van der Waals surface area (Å²) in [5, 5.41) is 4.15. The minimum atomic E-state index is 0.130. The lowest BCUT2D eigenvalue weighted by atomic mass is 10.2. The molecule has 1 aliphatic heterocycles. The molecule has 0 aliphatic carbocycles. The molecule has 0 bridgehead atoms. The molecule has 0 saturated carbocycles. The van der Waals surface area contributed by atoms with Crippen LogP contribution in [0.25, 0.3) is 10.9 Å². The molecule has 0 spiro atoms. The van der Waals surface area contributed by atoms with Gasteiger partial charge in [-0.25, -0.2) is 4.98 Å². The van der Waals surface area contributed by atoms with Crippen molar-refractivity contribution in [2.45, 2.75) is 6.92 Å². The van der Waals surface area contributed by atoms with Gasteiger partial charge in [0.2, 0.25) is 11.9 Å². The Morgan fingerprint density at radius 1 is 1.14 bits per heavy atom. The predicted molar refractivity (Wildman–Crippen MR) is 83.6 cm³/mol. The molecule has 110 valence electrons. The number of carbonyl (C=O) groups excluding carboxylic acids is 1. The van der Waals surface area contributed by atoms with Gasteiger partial charge in [0.15, 0.2) is 0 Å². The van der Waals surface area contributed by atoms with Crippen LogP contribution in [0, 0.1) is 0 Å². The Balaban J connectivity index is 1.89. The molecule has 1 saturated heterocycles. The maximum absolute atomic E-state index is 11.4. The standard InChI is InChI=1S/C15H19N5O/c1-11(21)19-7-9-20(10-8-19)15-17-13-6-4-3-5-12(13)14(16-2)18-15/h3-6H,7-10H2,1-2H3,(H,16,17,18). The van der Waals surface area contributed by atoms with Crippen molar-refractivity contribution in [1.82, 2.24) is 14.9 Å². The van der Waals surface area contributed by atoms with Gasteiger partial charge in [-0.05, 0) is 12.1 Å². The summed E-state index contributed by atoms with van der Waals surface area (Å²) in [6.45, 7) is 4.59. The number of fused-ring (bicyclic) bond motifs is 1. The van der Waals surface area contributed by atoms with Crippen molar-refractivity contribution in [2.75, 3.05) is 43.4 Å². The number of nitrogens with one attached hydrogen (secondary N) is 1. The van der Waals surface area contributed by atoms with Crippen molar-refractivity contribution in [1.29, 1.82) is 0 Å². The summed E-state index contributed by atoms with van der Waals surface area (Å²) in [4.78, 5) is 24.6. The van der Waals surface area contributed by atoms with Gasteiger partial charge in [-0.2, -0.15) is 4.98 Å². The lowest BCUT2D eigenvalue weighted by molar-refractivity contribution is -0.129. The van der Waals surface area contributed by atoms with Crippen LogP contribution in [-0.2, 0) is 4.79 Å². The smallest absolute Gasteiger partial charge is 0.228 e. The van der Waals surface area contributed by atoms with Crippen LogP contribution in [0.4, 0.5) is 11.8 Å². The average Bonchev–Trinajstić information content (AvgIpc) is 2.53. The van der Waals surface area contributed by atoms with Gasteiger partial charge in [0, 0.05) is 45.5 Å². The SMILES string of the molecule is CNc1nc(N2CCN(C(C)=O)CC2)nc2ccccc12.